The predicted octanol–water partition coefficient (Wildman–Crippen LogP) is -0.110. The highest BCUT2D eigenvalue weighted by atomic mass is 16.3. The molecule has 1 heterocycles. The van der Waals surface area contributed by atoms with Crippen molar-refractivity contribution in [1.82, 2.24) is 5.32 Å². The number of phenolic OH excluding ortho intramolecular Hbond substituents is 1. The third-order valence-electron chi connectivity index (χ3n) is 2.23. The third-order valence-corrected chi connectivity index (χ3v) is 2.23. The summed E-state index contributed by atoms with van der Waals surface area (Å²) in [5, 5.41) is 12.1. The Morgan fingerprint density at radius 1 is 1.38 bits per heavy atom. The van der Waals surface area contributed by atoms with E-state index >= 15 is 0 Å². The van der Waals surface area contributed by atoms with E-state index in [1.807, 2.05) is 0 Å². The number of rotatable bonds is 1. The summed E-state index contributed by atoms with van der Waals surface area (Å²) in [5.41, 5.74) is 6.22. The molecule has 2 atom stereocenters. The standard InChI is InChI=1S/C9H10N2O2/c10-7-8(11-9(7)13)5-3-1-2-4-6(5)12/h1-4,7-8,12H,10H2,(H,11,13). The number of nitrogens with one attached hydrogen (secondary N) is 1. The van der Waals surface area contributed by atoms with E-state index in [0.717, 1.165) is 0 Å². The summed E-state index contributed by atoms with van der Waals surface area (Å²) < 4.78 is 0. The first kappa shape index (κ1) is 8.07. The van der Waals surface area contributed by atoms with E-state index in [9.17, 15) is 9.90 Å². The fraction of sp³-hybridized carbons (Fsp3) is 0.222. The van der Waals surface area contributed by atoms with Crippen LogP contribution in [0.5, 0.6) is 5.75 Å². The van der Waals surface area contributed by atoms with Crippen LogP contribution in [0.15, 0.2) is 24.3 Å². The zero-order valence-corrected chi connectivity index (χ0v) is 6.90. The molecule has 4 N–H and O–H groups in total. The summed E-state index contributed by atoms with van der Waals surface area (Å²) >= 11 is 0. The SMILES string of the molecule is NC1C(=O)NC1c1ccccc1O. The predicted molar refractivity (Wildman–Crippen MR) is 47.0 cm³/mol. The van der Waals surface area contributed by atoms with Crippen molar-refractivity contribution in [1.29, 1.82) is 0 Å². The van der Waals surface area contributed by atoms with Gasteiger partial charge in [-0.2, -0.15) is 0 Å². The maximum absolute atomic E-state index is 10.8. The molecule has 0 aromatic heterocycles. The van der Waals surface area contributed by atoms with Gasteiger partial charge in [0.05, 0.1) is 6.04 Å². The van der Waals surface area contributed by atoms with Crippen LogP contribution in [0, 0.1) is 0 Å². The molecular formula is C9H10N2O2. The van der Waals surface area contributed by atoms with Crippen LogP contribution < -0.4 is 11.1 Å². The van der Waals surface area contributed by atoms with Gasteiger partial charge in [-0.15, -0.1) is 0 Å². The van der Waals surface area contributed by atoms with Crippen LogP contribution in [0.2, 0.25) is 0 Å². The van der Waals surface area contributed by atoms with Gasteiger partial charge in [-0.05, 0) is 6.07 Å². The van der Waals surface area contributed by atoms with Crippen LogP contribution in [0.25, 0.3) is 0 Å². The molecule has 4 heteroatoms. The van der Waals surface area contributed by atoms with Crippen LogP contribution in [0.3, 0.4) is 0 Å². The van der Waals surface area contributed by atoms with Crippen LogP contribution in [-0.2, 0) is 4.79 Å². The second-order valence-corrected chi connectivity index (χ2v) is 3.07. The molecule has 1 amide bonds. The number of amides is 1. The number of hydrogen-bond acceptors (Lipinski definition) is 3. The summed E-state index contributed by atoms with van der Waals surface area (Å²) in [6.45, 7) is 0. The van der Waals surface area contributed by atoms with Crippen LogP contribution in [0.4, 0.5) is 0 Å². The van der Waals surface area contributed by atoms with Gasteiger partial charge >= 0.3 is 0 Å². The number of hydrogen-bond donors (Lipinski definition) is 3. The highest BCUT2D eigenvalue weighted by molar-refractivity contribution is 5.89. The molecule has 0 radical (unpaired) electrons. The Morgan fingerprint density at radius 3 is 2.62 bits per heavy atom. The zero-order chi connectivity index (χ0) is 9.42. The van der Waals surface area contributed by atoms with Crippen molar-refractivity contribution in [2.75, 3.05) is 0 Å². The summed E-state index contributed by atoms with van der Waals surface area (Å²) in [7, 11) is 0. The molecule has 0 spiro atoms. The van der Waals surface area contributed by atoms with E-state index < -0.39 is 6.04 Å². The Labute approximate surface area is 75.4 Å². The number of β-lactam (4-membered cyclic amide) rings is 1. The molecule has 1 aromatic rings. The molecule has 0 aliphatic carbocycles. The molecule has 68 valence electrons. The first-order valence-corrected chi connectivity index (χ1v) is 4.04. The van der Waals surface area contributed by atoms with Gasteiger partial charge in [0.25, 0.3) is 0 Å². The fourth-order valence-electron chi connectivity index (χ4n) is 1.42. The van der Waals surface area contributed by atoms with Crippen LogP contribution in [-0.4, -0.2) is 17.1 Å². The number of aromatic hydroxyl groups is 1. The number of carbonyl (C=O) groups is 1. The number of carbonyl (C=O) groups excluding carboxylic acids is 1. The lowest BCUT2D eigenvalue weighted by atomic mass is 9.92. The van der Waals surface area contributed by atoms with Crippen LogP contribution >= 0.6 is 0 Å². The Kier molecular flexibility index (Phi) is 1.70. The Balaban J connectivity index is 2.27. The largest absolute Gasteiger partial charge is 0.508 e. The average molecular weight is 178 g/mol. The van der Waals surface area contributed by atoms with E-state index in [-0.39, 0.29) is 17.7 Å². The molecule has 1 aliphatic rings. The summed E-state index contributed by atoms with van der Waals surface area (Å²) in [6.07, 6.45) is 0. The van der Waals surface area contributed by atoms with Gasteiger partial charge < -0.3 is 16.2 Å². The fourth-order valence-corrected chi connectivity index (χ4v) is 1.42. The van der Waals surface area contributed by atoms with Crippen molar-refractivity contribution < 1.29 is 9.90 Å². The third kappa shape index (κ3) is 1.15. The van der Waals surface area contributed by atoms with Gasteiger partial charge in [0.1, 0.15) is 11.8 Å². The normalized spacial score (nSPS) is 26.4. The quantitative estimate of drug-likeness (QED) is 0.525. The van der Waals surface area contributed by atoms with Gasteiger partial charge in [0.2, 0.25) is 5.91 Å². The maximum Gasteiger partial charge on any atom is 0.239 e. The molecule has 1 aromatic carbocycles. The van der Waals surface area contributed by atoms with Crippen molar-refractivity contribution in [2.45, 2.75) is 12.1 Å². The number of phenols is 1. The summed E-state index contributed by atoms with van der Waals surface area (Å²) in [6, 6.07) is 6.07. The molecule has 0 saturated carbocycles. The molecule has 0 bridgehead atoms. The molecule has 1 fully saturated rings. The molecule has 13 heavy (non-hydrogen) atoms. The summed E-state index contributed by atoms with van der Waals surface area (Å²) in [5.74, 6) is -0.00352. The van der Waals surface area contributed by atoms with Gasteiger partial charge in [-0.1, -0.05) is 18.2 Å². The van der Waals surface area contributed by atoms with Gasteiger partial charge in [0.15, 0.2) is 0 Å². The van der Waals surface area contributed by atoms with E-state index in [1.165, 1.54) is 0 Å². The Morgan fingerprint density at radius 2 is 2.08 bits per heavy atom. The molecular weight excluding hydrogens is 168 g/mol. The second-order valence-electron chi connectivity index (χ2n) is 3.07. The molecule has 1 saturated heterocycles. The molecule has 2 rings (SSSR count). The lowest BCUT2D eigenvalue weighted by Gasteiger charge is -2.34. The van der Waals surface area contributed by atoms with E-state index in [0.29, 0.717) is 5.56 Å². The number of benzene rings is 1. The molecule has 1 aliphatic heterocycles. The lowest BCUT2D eigenvalue weighted by molar-refractivity contribution is -0.130. The highest BCUT2D eigenvalue weighted by Crippen LogP contribution is 2.29. The Bertz CT molecular complexity index is 351. The Hall–Kier alpha value is -1.55. The molecule has 4 nitrogen and oxygen atoms in total. The molecule has 2 unspecified atom stereocenters. The first-order valence-electron chi connectivity index (χ1n) is 4.04. The number of nitrogens with two attached hydrogens (primary N) is 1. The smallest absolute Gasteiger partial charge is 0.239 e. The van der Waals surface area contributed by atoms with E-state index in [2.05, 4.69) is 5.32 Å². The lowest BCUT2D eigenvalue weighted by Crippen LogP contribution is -2.60. The van der Waals surface area contributed by atoms with Crippen molar-refractivity contribution in [2.24, 2.45) is 5.73 Å². The summed E-state index contributed by atoms with van der Waals surface area (Å²) in [4.78, 5) is 10.8. The highest BCUT2D eigenvalue weighted by Gasteiger charge is 2.38. The minimum Gasteiger partial charge on any atom is -0.508 e. The van der Waals surface area contributed by atoms with Crippen molar-refractivity contribution in [3.05, 3.63) is 29.8 Å². The monoisotopic (exact) mass is 178 g/mol. The first-order chi connectivity index (χ1) is 6.20. The number of para-hydroxylation sites is 1. The minimum absolute atomic E-state index is 0.169. The van der Waals surface area contributed by atoms with Gasteiger partial charge in [0, 0.05) is 5.56 Å². The minimum atomic E-state index is -0.534. The zero-order valence-electron chi connectivity index (χ0n) is 6.90. The van der Waals surface area contributed by atoms with Gasteiger partial charge in [-0.25, -0.2) is 0 Å². The topological polar surface area (TPSA) is 75.4 Å². The van der Waals surface area contributed by atoms with E-state index in [4.69, 9.17) is 5.73 Å². The average Bonchev–Trinajstić information content (AvgIpc) is 2.15. The maximum atomic E-state index is 10.8. The van der Waals surface area contributed by atoms with Crippen LogP contribution in [0.1, 0.15) is 11.6 Å². The van der Waals surface area contributed by atoms with Crippen molar-refractivity contribution in [3.63, 3.8) is 0 Å². The van der Waals surface area contributed by atoms with Crippen molar-refractivity contribution in [3.8, 4) is 5.75 Å². The van der Waals surface area contributed by atoms with E-state index in [1.54, 1.807) is 24.3 Å². The van der Waals surface area contributed by atoms with Gasteiger partial charge in [-0.3, -0.25) is 4.79 Å². The van der Waals surface area contributed by atoms with Crippen molar-refractivity contribution >= 4 is 5.91 Å². The second kappa shape index (κ2) is 2.74.